The molecule has 0 aromatic carbocycles. The topological polar surface area (TPSA) is 83.1 Å². The van der Waals surface area contributed by atoms with E-state index in [2.05, 4.69) is 20.9 Å². The van der Waals surface area contributed by atoms with Gasteiger partial charge in [0.15, 0.2) is 0 Å². The average molecular weight is 346 g/mol. The molecule has 1 aromatic rings. The number of anilines is 1. The molecule has 0 saturated heterocycles. The van der Waals surface area contributed by atoms with Gasteiger partial charge in [-0.3, -0.25) is 9.78 Å². The number of rotatable bonds is 8. The zero-order valence-corrected chi connectivity index (χ0v) is 15.1. The highest BCUT2D eigenvalue weighted by atomic mass is 16.2. The van der Waals surface area contributed by atoms with Crippen molar-refractivity contribution in [3.8, 4) is 0 Å². The number of urea groups is 1. The van der Waals surface area contributed by atoms with Gasteiger partial charge in [0, 0.05) is 37.1 Å². The maximum atomic E-state index is 11.9. The lowest BCUT2D eigenvalue weighted by Gasteiger charge is -2.22. The van der Waals surface area contributed by atoms with Crippen molar-refractivity contribution >= 4 is 17.6 Å². The number of unbranched alkanes of at least 4 members (excludes halogenated alkanes) is 2. The van der Waals surface area contributed by atoms with E-state index in [-0.39, 0.29) is 11.9 Å². The number of pyridine rings is 1. The summed E-state index contributed by atoms with van der Waals surface area (Å²) in [5, 5.41) is 8.86. The molecular weight excluding hydrogens is 316 g/mol. The molecule has 3 N–H and O–H groups in total. The fourth-order valence-corrected chi connectivity index (χ4v) is 3.10. The Labute approximate surface area is 150 Å². The second kappa shape index (κ2) is 10.7. The van der Waals surface area contributed by atoms with Crippen LogP contribution in [0.5, 0.6) is 0 Å². The SMILES string of the molecule is Cc1cnccc1NC(=O)CCCCCNC(=O)NC1CCCCC1. The first-order chi connectivity index (χ1) is 12.1. The van der Waals surface area contributed by atoms with E-state index in [4.69, 9.17) is 0 Å². The first-order valence-corrected chi connectivity index (χ1v) is 9.40. The van der Waals surface area contributed by atoms with Crippen LogP contribution in [0.4, 0.5) is 10.5 Å². The van der Waals surface area contributed by atoms with Crippen LogP contribution >= 0.6 is 0 Å². The fraction of sp³-hybridized carbons (Fsp3) is 0.632. The van der Waals surface area contributed by atoms with Crippen LogP contribution in [0.2, 0.25) is 0 Å². The number of hydrogen-bond acceptors (Lipinski definition) is 3. The predicted molar refractivity (Wildman–Crippen MR) is 99.5 cm³/mol. The second-order valence-corrected chi connectivity index (χ2v) is 6.78. The number of hydrogen-bond donors (Lipinski definition) is 3. The van der Waals surface area contributed by atoms with Crippen LogP contribution in [-0.2, 0) is 4.79 Å². The van der Waals surface area contributed by atoms with Gasteiger partial charge in [0.1, 0.15) is 0 Å². The molecule has 1 heterocycles. The van der Waals surface area contributed by atoms with Crippen molar-refractivity contribution in [1.29, 1.82) is 0 Å². The van der Waals surface area contributed by atoms with Crippen molar-refractivity contribution < 1.29 is 9.59 Å². The Hall–Kier alpha value is -2.11. The van der Waals surface area contributed by atoms with Gasteiger partial charge >= 0.3 is 6.03 Å². The van der Waals surface area contributed by atoms with Crippen LogP contribution in [-0.4, -0.2) is 29.5 Å². The fourth-order valence-electron chi connectivity index (χ4n) is 3.10. The van der Waals surface area contributed by atoms with Crippen molar-refractivity contribution in [3.05, 3.63) is 24.0 Å². The summed E-state index contributed by atoms with van der Waals surface area (Å²) in [5.41, 5.74) is 1.78. The molecule has 6 heteroatoms. The van der Waals surface area contributed by atoms with E-state index >= 15 is 0 Å². The maximum Gasteiger partial charge on any atom is 0.315 e. The van der Waals surface area contributed by atoms with Crippen molar-refractivity contribution in [1.82, 2.24) is 15.6 Å². The number of aromatic nitrogens is 1. The molecule has 138 valence electrons. The summed E-state index contributed by atoms with van der Waals surface area (Å²) in [6.45, 7) is 2.58. The molecule has 3 amide bonds. The number of nitrogens with one attached hydrogen (secondary N) is 3. The first-order valence-electron chi connectivity index (χ1n) is 9.40. The molecule has 0 aliphatic heterocycles. The van der Waals surface area contributed by atoms with Gasteiger partial charge in [-0.25, -0.2) is 4.79 Å². The Balaban J connectivity index is 1.49. The number of carbonyl (C=O) groups excluding carboxylic acids is 2. The molecule has 1 aliphatic rings. The molecule has 0 atom stereocenters. The molecule has 1 aliphatic carbocycles. The van der Waals surface area contributed by atoms with Gasteiger partial charge in [0.05, 0.1) is 0 Å². The van der Waals surface area contributed by atoms with Gasteiger partial charge in [0.25, 0.3) is 0 Å². The quantitative estimate of drug-likeness (QED) is 0.630. The van der Waals surface area contributed by atoms with E-state index in [1.165, 1.54) is 19.3 Å². The van der Waals surface area contributed by atoms with Crippen LogP contribution < -0.4 is 16.0 Å². The maximum absolute atomic E-state index is 11.9. The minimum atomic E-state index is -0.0576. The van der Waals surface area contributed by atoms with Crippen LogP contribution in [0.1, 0.15) is 63.4 Å². The van der Waals surface area contributed by atoms with Crippen molar-refractivity contribution in [2.24, 2.45) is 0 Å². The zero-order valence-electron chi connectivity index (χ0n) is 15.1. The van der Waals surface area contributed by atoms with Gasteiger partial charge in [-0.05, 0) is 44.2 Å². The van der Waals surface area contributed by atoms with Crippen molar-refractivity contribution in [3.63, 3.8) is 0 Å². The number of nitrogens with zero attached hydrogens (tertiary/aromatic N) is 1. The summed E-state index contributed by atoms with van der Waals surface area (Å²) < 4.78 is 0. The Bertz CT molecular complexity index is 556. The minimum Gasteiger partial charge on any atom is -0.338 e. The molecule has 2 rings (SSSR count). The van der Waals surface area contributed by atoms with Crippen molar-refractivity contribution in [2.45, 2.75) is 70.8 Å². The standard InChI is InChI=1S/C19H30N4O2/c1-15-14-20-13-11-17(15)23-18(24)10-6-3-7-12-21-19(25)22-16-8-4-2-5-9-16/h11,13-14,16H,2-10,12H2,1H3,(H,20,23,24)(H2,21,22,25). The van der Waals surface area contributed by atoms with Crippen molar-refractivity contribution in [2.75, 3.05) is 11.9 Å². The largest absolute Gasteiger partial charge is 0.338 e. The predicted octanol–water partition coefficient (Wildman–Crippen LogP) is 3.52. The van der Waals surface area contributed by atoms with Gasteiger partial charge in [-0.1, -0.05) is 25.7 Å². The Kier molecular flexibility index (Phi) is 8.22. The summed E-state index contributed by atoms with van der Waals surface area (Å²) in [6.07, 6.45) is 12.4. The third-order valence-electron chi connectivity index (χ3n) is 4.60. The second-order valence-electron chi connectivity index (χ2n) is 6.78. The summed E-state index contributed by atoms with van der Waals surface area (Å²) in [6, 6.07) is 2.09. The number of amides is 3. The van der Waals surface area contributed by atoms with E-state index in [1.807, 2.05) is 13.0 Å². The molecule has 0 spiro atoms. The van der Waals surface area contributed by atoms with E-state index in [0.717, 1.165) is 43.4 Å². The van der Waals surface area contributed by atoms with Gasteiger partial charge in [0.2, 0.25) is 5.91 Å². The van der Waals surface area contributed by atoms with Crippen LogP contribution in [0, 0.1) is 6.92 Å². The van der Waals surface area contributed by atoms with E-state index < -0.39 is 0 Å². The molecule has 25 heavy (non-hydrogen) atoms. The summed E-state index contributed by atoms with van der Waals surface area (Å²) in [4.78, 5) is 27.7. The van der Waals surface area contributed by atoms with E-state index in [1.54, 1.807) is 12.4 Å². The average Bonchev–Trinajstić information content (AvgIpc) is 2.61. The smallest absolute Gasteiger partial charge is 0.315 e. The van der Waals surface area contributed by atoms with Crippen LogP contribution in [0.3, 0.4) is 0 Å². The monoisotopic (exact) mass is 346 g/mol. The highest BCUT2D eigenvalue weighted by molar-refractivity contribution is 5.91. The third-order valence-corrected chi connectivity index (χ3v) is 4.60. The number of carbonyl (C=O) groups is 2. The lowest BCUT2D eigenvalue weighted by molar-refractivity contribution is -0.116. The third kappa shape index (κ3) is 7.54. The highest BCUT2D eigenvalue weighted by Crippen LogP contribution is 2.17. The van der Waals surface area contributed by atoms with Gasteiger partial charge < -0.3 is 16.0 Å². The van der Waals surface area contributed by atoms with E-state index in [0.29, 0.717) is 19.0 Å². The van der Waals surface area contributed by atoms with E-state index in [9.17, 15) is 9.59 Å². The Morgan fingerprint density at radius 1 is 1.16 bits per heavy atom. The molecule has 1 saturated carbocycles. The molecular formula is C19H30N4O2. The molecule has 1 fully saturated rings. The zero-order chi connectivity index (χ0) is 17.9. The summed E-state index contributed by atoms with van der Waals surface area (Å²) in [5.74, 6) is 0.0253. The summed E-state index contributed by atoms with van der Waals surface area (Å²) in [7, 11) is 0. The minimum absolute atomic E-state index is 0.0253. The number of aryl methyl sites for hydroxylation is 1. The molecule has 0 bridgehead atoms. The lowest BCUT2D eigenvalue weighted by Crippen LogP contribution is -2.43. The lowest BCUT2D eigenvalue weighted by atomic mass is 9.96. The normalized spacial score (nSPS) is 14.8. The highest BCUT2D eigenvalue weighted by Gasteiger charge is 2.15. The van der Waals surface area contributed by atoms with Crippen LogP contribution in [0.15, 0.2) is 18.5 Å². The first kappa shape index (κ1) is 19.2. The van der Waals surface area contributed by atoms with Crippen LogP contribution in [0.25, 0.3) is 0 Å². The Morgan fingerprint density at radius 3 is 2.72 bits per heavy atom. The molecule has 0 radical (unpaired) electrons. The summed E-state index contributed by atoms with van der Waals surface area (Å²) >= 11 is 0. The molecule has 0 unspecified atom stereocenters. The molecule has 6 nitrogen and oxygen atoms in total. The van der Waals surface area contributed by atoms with Gasteiger partial charge in [-0.15, -0.1) is 0 Å². The molecule has 1 aromatic heterocycles. The Morgan fingerprint density at radius 2 is 1.96 bits per heavy atom. The van der Waals surface area contributed by atoms with Gasteiger partial charge in [-0.2, -0.15) is 0 Å².